The minimum absolute atomic E-state index is 0.204. The second-order valence-electron chi connectivity index (χ2n) is 6.22. The quantitative estimate of drug-likeness (QED) is 0.806. The molecule has 3 nitrogen and oxygen atoms in total. The van der Waals surface area contributed by atoms with E-state index in [1.165, 1.54) is 0 Å². The van der Waals surface area contributed by atoms with E-state index < -0.39 is 0 Å². The standard InChI is InChI=1S/C17H22Cl2N2OS/c18-15-2-1-14(16(19)11-15)12-20-5-3-13(4-6-20)17(22)21-7-9-23-10-8-21/h1-2,11,13H,3-10,12H2. The van der Waals surface area contributed by atoms with Crippen molar-refractivity contribution in [2.75, 3.05) is 37.7 Å². The number of amides is 1. The van der Waals surface area contributed by atoms with E-state index in [4.69, 9.17) is 23.2 Å². The minimum Gasteiger partial charge on any atom is -0.341 e. The number of piperidine rings is 1. The molecule has 2 fully saturated rings. The topological polar surface area (TPSA) is 23.6 Å². The first-order chi connectivity index (χ1) is 11.1. The van der Waals surface area contributed by atoms with Crippen LogP contribution in [0.1, 0.15) is 18.4 Å². The molecule has 2 saturated heterocycles. The Morgan fingerprint density at radius 1 is 1.13 bits per heavy atom. The molecule has 2 aliphatic rings. The number of hydrogen-bond donors (Lipinski definition) is 0. The highest BCUT2D eigenvalue weighted by Crippen LogP contribution is 2.26. The molecule has 2 aliphatic heterocycles. The monoisotopic (exact) mass is 372 g/mol. The Balaban J connectivity index is 1.51. The van der Waals surface area contributed by atoms with Gasteiger partial charge in [0, 0.05) is 47.1 Å². The Morgan fingerprint density at radius 2 is 1.83 bits per heavy atom. The lowest BCUT2D eigenvalue weighted by Crippen LogP contribution is -2.45. The van der Waals surface area contributed by atoms with Gasteiger partial charge in [0.25, 0.3) is 0 Å². The zero-order valence-electron chi connectivity index (χ0n) is 13.1. The molecule has 126 valence electrons. The first kappa shape index (κ1) is 17.4. The van der Waals surface area contributed by atoms with Crippen molar-refractivity contribution in [1.82, 2.24) is 9.80 Å². The molecule has 0 radical (unpaired) electrons. The van der Waals surface area contributed by atoms with Gasteiger partial charge >= 0.3 is 0 Å². The summed E-state index contributed by atoms with van der Waals surface area (Å²) in [7, 11) is 0. The third kappa shape index (κ3) is 4.56. The van der Waals surface area contributed by atoms with E-state index in [-0.39, 0.29) is 5.92 Å². The van der Waals surface area contributed by atoms with Crippen LogP contribution < -0.4 is 0 Å². The summed E-state index contributed by atoms with van der Waals surface area (Å²) < 4.78 is 0. The predicted molar refractivity (Wildman–Crippen MR) is 98.4 cm³/mol. The number of halogens is 2. The van der Waals surface area contributed by atoms with E-state index in [0.29, 0.717) is 10.9 Å². The van der Waals surface area contributed by atoms with Gasteiger partial charge in [0.1, 0.15) is 0 Å². The van der Waals surface area contributed by atoms with Gasteiger partial charge in [-0.3, -0.25) is 9.69 Å². The number of benzene rings is 1. The van der Waals surface area contributed by atoms with Crippen LogP contribution in [0.4, 0.5) is 0 Å². The zero-order valence-corrected chi connectivity index (χ0v) is 15.5. The molecule has 23 heavy (non-hydrogen) atoms. The average molecular weight is 373 g/mol. The highest BCUT2D eigenvalue weighted by molar-refractivity contribution is 7.99. The summed E-state index contributed by atoms with van der Waals surface area (Å²) in [6.45, 7) is 4.58. The van der Waals surface area contributed by atoms with Crippen molar-refractivity contribution < 1.29 is 4.79 Å². The number of thioether (sulfide) groups is 1. The highest BCUT2D eigenvalue weighted by atomic mass is 35.5. The Morgan fingerprint density at radius 3 is 2.48 bits per heavy atom. The van der Waals surface area contributed by atoms with Gasteiger partial charge in [0.05, 0.1) is 0 Å². The third-order valence-corrected chi connectivity index (χ3v) is 6.20. The van der Waals surface area contributed by atoms with E-state index in [1.54, 1.807) is 6.07 Å². The first-order valence-electron chi connectivity index (χ1n) is 8.16. The van der Waals surface area contributed by atoms with Crippen LogP contribution in [0.15, 0.2) is 18.2 Å². The van der Waals surface area contributed by atoms with Gasteiger partial charge in [0.2, 0.25) is 5.91 Å². The molecule has 0 N–H and O–H groups in total. The van der Waals surface area contributed by atoms with Crippen LogP contribution in [-0.2, 0) is 11.3 Å². The first-order valence-corrected chi connectivity index (χ1v) is 10.1. The van der Waals surface area contributed by atoms with Crippen molar-refractivity contribution in [3.63, 3.8) is 0 Å². The maximum absolute atomic E-state index is 12.6. The van der Waals surface area contributed by atoms with Gasteiger partial charge in [-0.15, -0.1) is 0 Å². The Labute approximate surface area is 152 Å². The van der Waals surface area contributed by atoms with Gasteiger partial charge in [0.15, 0.2) is 0 Å². The molecule has 3 rings (SSSR count). The minimum atomic E-state index is 0.204. The number of carbonyl (C=O) groups excluding carboxylic acids is 1. The Kier molecular flexibility index (Phi) is 6.13. The normalized spacial score (nSPS) is 20.7. The molecule has 0 aromatic heterocycles. The van der Waals surface area contributed by atoms with Gasteiger partial charge in [-0.1, -0.05) is 29.3 Å². The summed E-state index contributed by atoms with van der Waals surface area (Å²) in [6, 6.07) is 5.67. The molecule has 1 aromatic carbocycles. The van der Waals surface area contributed by atoms with Crippen LogP contribution in [-0.4, -0.2) is 53.4 Å². The molecule has 0 bridgehead atoms. The molecular weight excluding hydrogens is 351 g/mol. The Hall–Kier alpha value is -0.420. The van der Waals surface area contributed by atoms with Crippen LogP contribution >= 0.6 is 35.0 Å². The van der Waals surface area contributed by atoms with Gasteiger partial charge in [-0.25, -0.2) is 0 Å². The van der Waals surface area contributed by atoms with Crippen molar-refractivity contribution in [2.45, 2.75) is 19.4 Å². The van der Waals surface area contributed by atoms with E-state index in [2.05, 4.69) is 9.80 Å². The summed E-state index contributed by atoms with van der Waals surface area (Å²) in [4.78, 5) is 17.0. The lowest BCUT2D eigenvalue weighted by atomic mass is 9.95. The fourth-order valence-corrected chi connectivity index (χ4v) is 4.64. The summed E-state index contributed by atoms with van der Waals surface area (Å²) in [5.41, 5.74) is 1.11. The number of hydrogen-bond acceptors (Lipinski definition) is 3. The van der Waals surface area contributed by atoms with Crippen LogP contribution in [0.2, 0.25) is 10.0 Å². The van der Waals surface area contributed by atoms with Crippen molar-refractivity contribution in [3.05, 3.63) is 33.8 Å². The lowest BCUT2D eigenvalue weighted by Gasteiger charge is -2.35. The van der Waals surface area contributed by atoms with E-state index in [0.717, 1.165) is 67.7 Å². The van der Waals surface area contributed by atoms with Gasteiger partial charge in [-0.05, 0) is 43.6 Å². The maximum atomic E-state index is 12.6. The predicted octanol–water partition coefficient (Wildman–Crippen LogP) is 3.78. The largest absolute Gasteiger partial charge is 0.341 e. The van der Waals surface area contributed by atoms with Gasteiger partial charge < -0.3 is 4.90 Å². The summed E-state index contributed by atoms with van der Waals surface area (Å²) in [5, 5.41) is 1.39. The van der Waals surface area contributed by atoms with Crippen molar-refractivity contribution in [1.29, 1.82) is 0 Å². The molecule has 0 spiro atoms. The van der Waals surface area contributed by atoms with E-state index >= 15 is 0 Å². The van der Waals surface area contributed by atoms with E-state index in [9.17, 15) is 4.79 Å². The number of carbonyl (C=O) groups is 1. The molecule has 1 aromatic rings. The van der Waals surface area contributed by atoms with Crippen molar-refractivity contribution >= 4 is 40.9 Å². The van der Waals surface area contributed by atoms with Crippen molar-refractivity contribution in [2.24, 2.45) is 5.92 Å². The maximum Gasteiger partial charge on any atom is 0.225 e. The zero-order chi connectivity index (χ0) is 16.2. The second-order valence-corrected chi connectivity index (χ2v) is 8.29. The fraction of sp³-hybridized carbons (Fsp3) is 0.588. The van der Waals surface area contributed by atoms with Crippen LogP contribution in [0.25, 0.3) is 0 Å². The molecule has 0 saturated carbocycles. The van der Waals surface area contributed by atoms with Crippen LogP contribution in [0.3, 0.4) is 0 Å². The number of likely N-dealkylation sites (tertiary alicyclic amines) is 1. The third-order valence-electron chi connectivity index (χ3n) is 4.67. The van der Waals surface area contributed by atoms with Crippen LogP contribution in [0, 0.1) is 5.92 Å². The number of nitrogens with zero attached hydrogens (tertiary/aromatic N) is 2. The van der Waals surface area contributed by atoms with Gasteiger partial charge in [-0.2, -0.15) is 11.8 Å². The summed E-state index contributed by atoms with van der Waals surface area (Å²) >= 11 is 14.1. The lowest BCUT2D eigenvalue weighted by molar-refractivity contribution is -0.136. The molecular formula is C17H22Cl2N2OS. The van der Waals surface area contributed by atoms with E-state index in [1.807, 2.05) is 23.9 Å². The average Bonchev–Trinajstić information content (AvgIpc) is 2.58. The smallest absolute Gasteiger partial charge is 0.225 e. The molecule has 0 aliphatic carbocycles. The van der Waals surface area contributed by atoms with Crippen LogP contribution in [0.5, 0.6) is 0 Å². The molecule has 2 heterocycles. The molecule has 6 heteroatoms. The molecule has 0 atom stereocenters. The summed E-state index contributed by atoms with van der Waals surface area (Å²) in [6.07, 6.45) is 1.90. The Bertz CT molecular complexity index is 556. The number of rotatable bonds is 3. The summed E-state index contributed by atoms with van der Waals surface area (Å²) in [5.74, 6) is 2.74. The van der Waals surface area contributed by atoms with Crippen molar-refractivity contribution in [3.8, 4) is 0 Å². The highest BCUT2D eigenvalue weighted by Gasteiger charge is 2.29. The molecule has 0 unspecified atom stereocenters. The fourth-order valence-electron chi connectivity index (χ4n) is 3.27. The molecule has 1 amide bonds. The second kappa shape index (κ2) is 8.11. The SMILES string of the molecule is O=C(C1CCN(Cc2ccc(Cl)cc2Cl)CC1)N1CCSCC1.